The zero-order valence-corrected chi connectivity index (χ0v) is 13.7. The predicted molar refractivity (Wildman–Crippen MR) is 83.3 cm³/mol. The van der Waals surface area contributed by atoms with Crippen molar-refractivity contribution in [3.05, 3.63) is 0 Å². The molecule has 4 nitrogen and oxygen atoms in total. The molecule has 1 saturated heterocycles. The molecule has 0 unspecified atom stereocenters. The van der Waals surface area contributed by atoms with Gasteiger partial charge in [-0.05, 0) is 19.3 Å². The minimum atomic E-state index is -2.99. The Bertz CT molecular complexity index is 367. The lowest BCUT2D eigenvalue weighted by molar-refractivity contribution is 0.118. The van der Waals surface area contributed by atoms with Gasteiger partial charge in [-0.2, -0.15) is 4.31 Å². The lowest BCUT2D eigenvalue weighted by Gasteiger charge is -2.39. The fourth-order valence-electron chi connectivity index (χ4n) is 3.53. The van der Waals surface area contributed by atoms with Gasteiger partial charge in [-0.3, -0.25) is 4.90 Å². The highest BCUT2D eigenvalue weighted by Crippen LogP contribution is 2.23. The van der Waals surface area contributed by atoms with Crippen molar-refractivity contribution < 1.29 is 8.42 Å². The van der Waals surface area contributed by atoms with E-state index in [1.165, 1.54) is 44.9 Å². The van der Waals surface area contributed by atoms with E-state index in [9.17, 15) is 8.42 Å². The van der Waals surface area contributed by atoms with E-state index < -0.39 is 10.0 Å². The summed E-state index contributed by atoms with van der Waals surface area (Å²) in [5.41, 5.74) is 0. The lowest BCUT2D eigenvalue weighted by atomic mass is 9.95. The second-order valence-corrected chi connectivity index (χ2v) is 8.34. The largest absolute Gasteiger partial charge is 0.298 e. The van der Waals surface area contributed by atoms with Crippen LogP contribution in [0.15, 0.2) is 0 Å². The van der Waals surface area contributed by atoms with E-state index in [0.717, 1.165) is 13.1 Å². The van der Waals surface area contributed by atoms with E-state index >= 15 is 0 Å². The Labute approximate surface area is 124 Å². The zero-order valence-electron chi connectivity index (χ0n) is 12.9. The molecular formula is C15H30N2O2S. The van der Waals surface area contributed by atoms with Crippen molar-refractivity contribution in [3.63, 3.8) is 0 Å². The zero-order chi connectivity index (χ0) is 14.4. The number of hydrogen-bond acceptors (Lipinski definition) is 3. The van der Waals surface area contributed by atoms with Crippen molar-refractivity contribution in [2.24, 2.45) is 0 Å². The van der Waals surface area contributed by atoms with Crippen molar-refractivity contribution in [3.8, 4) is 0 Å². The molecule has 0 N–H and O–H groups in total. The molecule has 0 aromatic rings. The highest BCUT2D eigenvalue weighted by molar-refractivity contribution is 7.89. The third-order valence-electron chi connectivity index (χ3n) is 4.72. The molecule has 118 valence electrons. The Morgan fingerprint density at radius 1 is 0.900 bits per heavy atom. The summed E-state index contributed by atoms with van der Waals surface area (Å²) in [6.45, 7) is 5.17. The van der Waals surface area contributed by atoms with Gasteiger partial charge in [-0.1, -0.05) is 39.0 Å². The van der Waals surface area contributed by atoms with Crippen LogP contribution in [-0.2, 0) is 10.0 Å². The summed E-state index contributed by atoms with van der Waals surface area (Å²) < 4.78 is 25.9. The van der Waals surface area contributed by atoms with Gasteiger partial charge in [-0.25, -0.2) is 8.42 Å². The molecule has 2 fully saturated rings. The van der Waals surface area contributed by atoms with Crippen molar-refractivity contribution in [2.75, 3.05) is 31.9 Å². The maximum Gasteiger partial charge on any atom is 0.214 e. The van der Waals surface area contributed by atoms with E-state index in [4.69, 9.17) is 0 Å². The van der Waals surface area contributed by atoms with Crippen LogP contribution in [0, 0.1) is 0 Å². The van der Waals surface area contributed by atoms with Crippen LogP contribution in [0.1, 0.15) is 58.3 Å². The second kappa shape index (κ2) is 7.76. The minimum absolute atomic E-state index is 0.302. The van der Waals surface area contributed by atoms with Crippen LogP contribution >= 0.6 is 0 Å². The second-order valence-electron chi connectivity index (χ2n) is 6.25. The monoisotopic (exact) mass is 302 g/mol. The first-order valence-corrected chi connectivity index (χ1v) is 9.96. The first kappa shape index (κ1) is 16.2. The molecule has 1 aliphatic heterocycles. The normalized spacial score (nSPS) is 25.2. The number of rotatable bonds is 4. The molecule has 1 heterocycles. The molecule has 2 rings (SSSR count). The summed E-state index contributed by atoms with van der Waals surface area (Å²) >= 11 is 0. The Kier molecular flexibility index (Phi) is 6.30. The average molecular weight is 302 g/mol. The van der Waals surface area contributed by atoms with Crippen LogP contribution in [0.2, 0.25) is 0 Å². The molecule has 0 atom stereocenters. The van der Waals surface area contributed by atoms with Gasteiger partial charge in [0.15, 0.2) is 0 Å². The summed E-state index contributed by atoms with van der Waals surface area (Å²) in [5, 5.41) is 0. The van der Waals surface area contributed by atoms with Gasteiger partial charge in [0.25, 0.3) is 0 Å². The summed E-state index contributed by atoms with van der Waals surface area (Å²) in [4.78, 5) is 2.54. The molecular weight excluding hydrogens is 272 g/mol. The molecule has 0 aromatic heterocycles. The van der Waals surface area contributed by atoms with Gasteiger partial charge in [-0.15, -0.1) is 0 Å². The Morgan fingerprint density at radius 2 is 1.45 bits per heavy atom. The molecule has 1 aliphatic carbocycles. The topological polar surface area (TPSA) is 40.6 Å². The van der Waals surface area contributed by atoms with Crippen molar-refractivity contribution in [2.45, 2.75) is 64.3 Å². The Morgan fingerprint density at radius 3 is 2.00 bits per heavy atom. The summed E-state index contributed by atoms with van der Waals surface area (Å²) in [6, 6.07) is 0.700. The fraction of sp³-hybridized carbons (Fsp3) is 1.00. The molecule has 0 radical (unpaired) electrons. The van der Waals surface area contributed by atoms with Crippen molar-refractivity contribution in [1.82, 2.24) is 9.21 Å². The molecule has 20 heavy (non-hydrogen) atoms. The highest BCUT2D eigenvalue weighted by Gasteiger charge is 2.29. The smallest absolute Gasteiger partial charge is 0.214 e. The van der Waals surface area contributed by atoms with Gasteiger partial charge >= 0.3 is 0 Å². The van der Waals surface area contributed by atoms with Crippen LogP contribution < -0.4 is 0 Å². The summed E-state index contributed by atoms with van der Waals surface area (Å²) in [6.07, 6.45) is 10.2. The minimum Gasteiger partial charge on any atom is -0.298 e. The maximum absolute atomic E-state index is 12.1. The molecule has 0 aromatic carbocycles. The Balaban J connectivity index is 1.83. The first-order valence-electron chi connectivity index (χ1n) is 8.35. The number of nitrogens with zero attached hydrogens (tertiary/aromatic N) is 2. The van der Waals surface area contributed by atoms with Crippen molar-refractivity contribution in [1.29, 1.82) is 0 Å². The molecule has 5 heteroatoms. The molecule has 2 aliphatic rings. The summed E-state index contributed by atoms with van der Waals surface area (Å²) in [5.74, 6) is 0.302. The van der Waals surface area contributed by atoms with E-state index in [2.05, 4.69) is 4.90 Å². The van der Waals surface area contributed by atoms with Crippen LogP contribution in [0.25, 0.3) is 0 Å². The van der Waals surface area contributed by atoms with Gasteiger partial charge in [0.1, 0.15) is 0 Å². The third-order valence-corrected chi connectivity index (χ3v) is 6.80. The summed E-state index contributed by atoms with van der Waals surface area (Å²) in [7, 11) is -2.99. The molecule has 0 bridgehead atoms. The van der Waals surface area contributed by atoms with Gasteiger partial charge in [0.05, 0.1) is 5.75 Å². The van der Waals surface area contributed by atoms with E-state index in [1.807, 2.05) is 6.92 Å². The van der Waals surface area contributed by atoms with Gasteiger partial charge < -0.3 is 0 Å². The number of hydrogen-bond donors (Lipinski definition) is 0. The first-order chi connectivity index (χ1) is 9.63. The lowest BCUT2D eigenvalue weighted by Crippen LogP contribution is -2.52. The Hall–Kier alpha value is -0.130. The fourth-order valence-corrected chi connectivity index (χ4v) is 5.03. The number of sulfonamides is 1. The van der Waals surface area contributed by atoms with Gasteiger partial charge in [0, 0.05) is 32.2 Å². The van der Waals surface area contributed by atoms with Crippen LogP contribution in [0.3, 0.4) is 0 Å². The average Bonchev–Trinajstić information content (AvgIpc) is 2.38. The third kappa shape index (κ3) is 4.43. The predicted octanol–water partition coefficient (Wildman–Crippen LogP) is 2.46. The van der Waals surface area contributed by atoms with Crippen LogP contribution in [0.5, 0.6) is 0 Å². The van der Waals surface area contributed by atoms with Crippen LogP contribution in [0.4, 0.5) is 0 Å². The molecule has 0 spiro atoms. The molecule has 0 amide bonds. The highest BCUT2D eigenvalue weighted by atomic mass is 32.2. The standard InChI is InChI=1S/C15H30N2O2S/c1-2-14-20(18,19)17-12-10-16(11-13-17)15-8-6-4-3-5-7-9-15/h15H,2-14H2,1H3. The van der Waals surface area contributed by atoms with E-state index in [-0.39, 0.29) is 0 Å². The molecule has 1 saturated carbocycles. The quantitative estimate of drug-likeness (QED) is 0.801. The van der Waals surface area contributed by atoms with Gasteiger partial charge in [0.2, 0.25) is 10.0 Å². The van der Waals surface area contributed by atoms with E-state index in [0.29, 0.717) is 31.3 Å². The maximum atomic E-state index is 12.1. The SMILES string of the molecule is CCCS(=O)(=O)N1CCN(C2CCCCCCC2)CC1. The van der Waals surface area contributed by atoms with Crippen molar-refractivity contribution >= 4 is 10.0 Å². The van der Waals surface area contributed by atoms with Crippen LogP contribution in [-0.4, -0.2) is 55.6 Å². The number of piperazine rings is 1. The van der Waals surface area contributed by atoms with E-state index in [1.54, 1.807) is 4.31 Å².